The number of nitrogens with one attached hydrogen (secondary N) is 2. The zero-order valence-electron chi connectivity index (χ0n) is 8.44. The van der Waals surface area contributed by atoms with Gasteiger partial charge in [-0.15, -0.1) is 0 Å². The van der Waals surface area contributed by atoms with Gasteiger partial charge in [0, 0.05) is 4.48 Å². The topological polar surface area (TPSA) is 41.1 Å². The molecule has 1 rings (SSSR count). The summed E-state index contributed by atoms with van der Waals surface area (Å²) in [6.07, 6.45) is 0. The lowest BCUT2D eigenvalue weighted by Gasteiger charge is -2.10. The predicted molar refractivity (Wildman–Crippen MR) is 79.4 cm³/mol. The van der Waals surface area contributed by atoms with E-state index in [1.807, 2.05) is 0 Å². The molecule has 3 nitrogen and oxygen atoms in total. The van der Waals surface area contributed by atoms with E-state index in [9.17, 15) is 4.79 Å². The van der Waals surface area contributed by atoms with Crippen LogP contribution >= 0.6 is 55.1 Å². The molecule has 0 saturated carbocycles. The lowest BCUT2D eigenvalue weighted by atomic mass is 10.3. The normalized spacial score (nSPS) is 11.2. The summed E-state index contributed by atoms with van der Waals surface area (Å²) in [5.74, 6) is 0. The molecule has 0 unspecified atom stereocenters. The van der Waals surface area contributed by atoms with Gasteiger partial charge in [0.1, 0.15) is 0 Å². The Bertz CT molecular complexity index is 432. The fourth-order valence-corrected chi connectivity index (χ4v) is 1.77. The van der Waals surface area contributed by atoms with E-state index < -0.39 is 0 Å². The molecule has 0 aliphatic heterocycles. The first-order valence-corrected chi connectivity index (χ1v) is 6.94. The molecule has 0 bridgehead atoms. The Hall–Kier alpha value is -0.230. The Kier molecular flexibility index (Phi) is 6.33. The number of carbonyl (C=O) groups is 1. The average Bonchev–Trinajstić information content (AvgIpc) is 2.31. The smallest absolute Gasteiger partial charge is 0.319 e. The van der Waals surface area contributed by atoms with Crippen molar-refractivity contribution in [1.29, 1.82) is 0 Å². The first-order chi connectivity index (χ1) is 8.04. The van der Waals surface area contributed by atoms with Gasteiger partial charge >= 0.3 is 6.03 Å². The van der Waals surface area contributed by atoms with Crippen molar-refractivity contribution in [3.63, 3.8) is 0 Å². The van der Waals surface area contributed by atoms with Crippen LogP contribution in [0.5, 0.6) is 0 Å². The Morgan fingerprint density at radius 3 is 2.47 bits per heavy atom. The van der Waals surface area contributed by atoms with Gasteiger partial charge in [-0.1, -0.05) is 61.1 Å². The third-order valence-electron chi connectivity index (χ3n) is 1.74. The third-order valence-corrected chi connectivity index (χ3v) is 4.04. The molecule has 2 N–H and O–H groups in total. The molecule has 0 fully saturated rings. The second kappa shape index (κ2) is 7.26. The summed E-state index contributed by atoms with van der Waals surface area (Å²) in [6, 6.07) is 4.62. The number of rotatable bonds is 3. The molecule has 0 aliphatic rings. The third kappa shape index (κ3) is 4.87. The summed E-state index contributed by atoms with van der Waals surface area (Å²) in [4.78, 5) is 13.2. The van der Waals surface area contributed by atoms with Crippen molar-refractivity contribution in [2.24, 2.45) is 0 Å². The molecule has 1 aromatic rings. The number of anilines is 1. The van der Waals surface area contributed by atoms with Crippen LogP contribution in [0.3, 0.4) is 0 Å². The summed E-state index contributed by atoms with van der Waals surface area (Å²) < 4.78 is 0.804. The molecule has 0 spiro atoms. The zero-order valence-corrected chi connectivity index (χ0v) is 13.1. The molecular weight excluding hydrogens is 395 g/mol. The summed E-state index contributed by atoms with van der Waals surface area (Å²) >= 11 is 18.2. The maximum absolute atomic E-state index is 11.5. The van der Waals surface area contributed by atoms with Crippen molar-refractivity contribution in [2.75, 3.05) is 11.9 Å². The van der Waals surface area contributed by atoms with Crippen LogP contribution in [0.2, 0.25) is 10.0 Å². The van der Waals surface area contributed by atoms with Gasteiger partial charge in [-0.05, 0) is 17.1 Å². The SMILES string of the molecule is O=C(NC/C(Br)=C/Br)Nc1c(Cl)cccc1Cl. The van der Waals surface area contributed by atoms with Gasteiger partial charge in [0.2, 0.25) is 0 Å². The summed E-state index contributed by atoms with van der Waals surface area (Å²) in [6.45, 7) is 0.360. The number of amides is 2. The molecule has 7 heteroatoms. The van der Waals surface area contributed by atoms with E-state index in [-0.39, 0.29) is 6.03 Å². The summed E-state index contributed by atoms with van der Waals surface area (Å²) in [5.41, 5.74) is 0.396. The van der Waals surface area contributed by atoms with Crippen LogP contribution in [-0.2, 0) is 0 Å². The standard InChI is InChI=1S/C10H8Br2Cl2N2O/c11-4-6(12)5-15-10(17)16-9-7(13)2-1-3-8(9)14/h1-4H,5H2,(H2,15,16,17)/b6-4-. The van der Waals surface area contributed by atoms with Gasteiger partial charge in [0.15, 0.2) is 0 Å². The fourth-order valence-electron chi connectivity index (χ4n) is 0.978. The van der Waals surface area contributed by atoms with Crippen LogP contribution in [0.25, 0.3) is 0 Å². The minimum absolute atomic E-state index is 0.360. The molecule has 0 saturated heterocycles. The van der Waals surface area contributed by atoms with Crippen molar-refractivity contribution < 1.29 is 4.79 Å². The Morgan fingerprint density at radius 1 is 1.35 bits per heavy atom. The van der Waals surface area contributed by atoms with Gasteiger partial charge in [0.05, 0.1) is 22.3 Å². The van der Waals surface area contributed by atoms with E-state index in [0.29, 0.717) is 22.3 Å². The van der Waals surface area contributed by atoms with Gasteiger partial charge in [-0.2, -0.15) is 0 Å². The van der Waals surface area contributed by atoms with E-state index in [1.54, 1.807) is 23.2 Å². The van der Waals surface area contributed by atoms with Crippen LogP contribution in [0.1, 0.15) is 0 Å². The number of carbonyl (C=O) groups excluding carboxylic acids is 1. The van der Waals surface area contributed by atoms with Crippen molar-refractivity contribution in [1.82, 2.24) is 5.32 Å². The largest absolute Gasteiger partial charge is 0.333 e. The van der Waals surface area contributed by atoms with Crippen LogP contribution in [0.15, 0.2) is 27.7 Å². The molecule has 0 radical (unpaired) electrons. The first kappa shape index (κ1) is 14.8. The fraction of sp³-hybridized carbons (Fsp3) is 0.100. The van der Waals surface area contributed by atoms with Crippen LogP contribution in [0, 0.1) is 0 Å². The first-order valence-electron chi connectivity index (χ1n) is 4.48. The Labute approximate surface area is 126 Å². The summed E-state index contributed by atoms with van der Waals surface area (Å²) in [7, 11) is 0. The summed E-state index contributed by atoms with van der Waals surface area (Å²) in [5, 5.41) is 5.99. The van der Waals surface area contributed by atoms with Gasteiger partial charge < -0.3 is 10.6 Å². The van der Waals surface area contributed by atoms with E-state index in [2.05, 4.69) is 42.5 Å². The molecule has 1 aromatic carbocycles. The molecule has 2 amide bonds. The molecule has 92 valence electrons. The highest BCUT2D eigenvalue weighted by Crippen LogP contribution is 2.29. The Balaban J connectivity index is 2.62. The number of hydrogen-bond donors (Lipinski definition) is 2. The maximum atomic E-state index is 11.5. The minimum Gasteiger partial charge on any atom is -0.333 e. The molecule has 17 heavy (non-hydrogen) atoms. The van der Waals surface area contributed by atoms with E-state index in [1.165, 1.54) is 0 Å². The molecule has 0 atom stereocenters. The van der Waals surface area contributed by atoms with Gasteiger partial charge in [-0.3, -0.25) is 0 Å². The molecule has 0 heterocycles. The number of hydrogen-bond acceptors (Lipinski definition) is 1. The lowest BCUT2D eigenvalue weighted by molar-refractivity contribution is 0.253. The molecule has 0 aliphatic carbocycles. The van der Waals surface area contributed by atoms with Crippen molar-refractivity contribution in [3.8, 4) is 0 Å². The van der Waals surface area contributed by atoms with E-state index in [4.69, 9.17) is 23.2 Å². The van der Waals surface area contributed by atoms with Crippen LogP contribution in [-0.4, -0.2) is 12.6 Å². The number of para-hydroxylation sites is 1. The zero-order chi connectivity index (χ0) is 12.8. The Morgan fingerprint density at radius 2 is 1.94 bits per heavy atom. The second-order valence-electron chi connectivity index (χ2n) is 2.96. The highest BCUT2D eigenvalue weighted by molar-refractivity contribution is 9.14. The number of benzene rings is 1. The van der Waals surface area contributed by atoms with Crippen LogP contribution in [0.4, 0.5) is 10.5 Å². The van der Waals surface area contributed by atoms with E-state index in [0.717, 1.165) is 4.48 Å². The molecular formula is C10H8Br2Cl2N2O. The lowest BCUT2D eigenvalue weighted by Crippen LogP contribution is -2.29. The van der Waals surface area contributed by atoms with Crippen molar-refractivity contribution in [2.45, 2.75) is 0 Å². The van der Waals surface area contributed by atoms with Gasteiger partial charge in [0.25, 0.3) is 0 Å². The van der Waals surface area contributed by atoms with Crippen molar-refractivity contribution >= 4 is 66.8 Å². The van der Waals surface area contributed by atoms with E-state index >= 15 is 0 Å². The monoisotopic (exact) mass is 400 g/mol. The van der Waals surface area contributed by atoms with Crippen molar-refractivity contribution in [3.05, 3.63) is 37.7 Å². The number of halogens is 4. The second-order valence-corrected chi connectivity index (χ2v) is 5.25. The van der Waals surface area contributed by atoms with Crippen LogP contribution < -0.4 is 10.6 Å². The number of urea groups is 1. The highest BCUT2D eigenvalue weighted by atomic mass is 79.9. The maximum Gasteiger partial charge on any atom is 0.319 e. The highest BCUT2D eigenvalue weighted by Gasteiger charge is 2.08. The quantitative estimate of drug-likeness (QED) is 0.752. The predicted octanol–water partition coefficient (Wildman–Crippen LogP) is 4.75. The minimum atomic E-state index is -0.383. The molecule has 0 aromatic heterocycles. The van der Waals surface area contributed by atoms with Gasteiger partial charge in [-0.25, -0.2) is 4.79 Å². The average molecular weight is 403 g/mol.